The molecule has 2 atom stereocenters. The van der Waals surface area contributed by atoms with Gasteiger partial charge in [0.05, 0.1) is 23.3 Å². The number of rotatable bonds is 9. The standard InChI is InChI=1S/C27H28F4N6O/c1-5-20(21-8-6-7-9-22(21)27(29,30)31)25-34-24(35-36(25)4)13-11-19-10-12-23(37-14-18(3)32-16-37)26(33-19)38-15-17(2)28/h6-14,16-17,20H,5,15H2,1-4H3/b13-11+/t17?,20-/m1/s1. The molecule has 0 N–H and O–H groups in total. The van der Waals surface area contributed by atoms with Gasteiger partial charge in [-0.3, -0.25) is 4.68 Å². The molecule has 1 aromatic carbocycles. The molecule has 0 saturated heterocycles. The molecular formula is C27H28F4N6O. The van der Waals surface area contributed by atoms with Crippen molar-refractivity contribution >= 4 is 12.2 Å². The highest BCUT2D eigenvalue weighted by atomic mass is 19.4. The van der Waals surface area contributed by atoms with Crippen LogP contribution in [0.5, 0.6) is 5.88 Å². The van der Waals surface area contributed by atoms with Gasteiger partial charge in [0, 0.05) is 19.2 Å². The van der Waals surface area contributed by atoms with Gasteiger partial charge in [-0.25, -0.2) is 19.3 Å². The summed E-state index contributed by atoms with van der Waals surface area (Å²) in [6.07, 6.45) is 1.46. The van der Waals surface area contributed by atoms with E-state index in [2.05, 4.69) is 20.1 Å². The van der Waals surface area contributed by atoms with Crippen molar-refractivity contribution in [1.29, 1.82) is 0 Å². The molecule has 0 aliphatic rings. The van der Waals surface area contributed by atoms with Crippen LogP contribution in [0.15, 0.2) is 48.9 Å². The Balaban J connectivity index is 1.63. The maximum Gasteiger partial charge on any atom is 0.416 e. The number of hydrogen-bond donors (Lipinski definition) is 0. The Morgan fingerprint density at radius 3 is 2.50 bits per heavy atom. The fourth-order valence-electron chi connectivity index (χ4n) is 4.14. The van der Waals surface area contributed by atoms with Gasteiger partial charge in [-0.15, -0.1) is 0 Å². The van der Waals surface area contributed by atoms with E-state index in [4.69, 9.17) is 4.74 Å². The van der Waals surface area contributed by atoms with Crippen molar-refractivity contribution in [3.8, 4) is 11.6 Å². The Bertz CT molecular complexity index is 1420. The second-order valence-corrected chi connectivity index (χ2v) is 8.91. The van der Waals surface area contributed by atoms with E-state index in [1.165, 1.54) is 23.7 Å². The molecule has 0 radical (unpaired) electrons. The quantitative estimate of drug-likeness (QED) is 0.243. The van der Waals surface area contributed by atoms with Gasteiger partial charge in [-0.1, -0.05) is 25.1 Å². The molecule has 0 aliphatic carbocycles. The number of halogens is 4. The number of hydrogen-bond acceptors (Lipinski definition) is 5. The average Bonchev–Trinajstić information content (AvgIpc) is 3.47. The molecule has 4 rings (SSSR count). The zero-order valence-corrected chi connectivity index (χ0v) is 21.4. The third-order valence-electron chi connectivity index (χ3n) is 5.88. The minimum Gasteiger partial charge on any atom is -0.473 e. The van der Waals surface area contributed by atoms with Crippen LogP contribution >= 0.6 is 0 Å². The van der Waals surface area contributed by atoms with Crippen LogP contribution in [0.2, 0.25) is 0 Å². The molecule has 0 amide bonds. The van der Waals surface area contributed by atoms with Crippen molar-refractivity contribution in [2.24, 2.45) is 7.05 Å². The first kappa shape index (κ1) is 27.0. The molecule has 3 heterocycles. The summed E-state index contributed by atoms with van der Waals surface area (Å²) in [5, 5.41) is 4.38. The van der Waals surface area contributed by atoms with Crippen LogP contribution in [0.25, 0.3) is 17.8 Å². The lowest BCUT2D eigenvalue weighted by molar-refractivity contribution is -0.138. The van der Waals surface area contributed by atoms with Crippen molar-refractivity contribution < 1.29 is 22.3 Å². The predicted octanol–water partition coefficient (Wildman–Crippen LogP) is 6.17. The van der Waals surface area contributed by atoms with Crippen LogP contribution in [0.4, 0.5) is 17.6 Å². The number of alkyl halides is 4. The molecule has 0 spiro atoms. The third kappa shape index (κ3) is 6.09. The van der Waals surface area contributed by atoms with Gasteiger partial charge in [0.15, 0.2) is 5.82 Å². The van der Waals surface area contributed by atoms with Gasteiger partial charge in [0.1, 0.15) is 24.3 Å². The summed E-state index contributed by atoms with van der Waals surface area (Å²) in [6.45, 7) is 4.90. The van der Waals surface area contributed by atoms with E-state index in [1.54, 1.807) is 54.5 Å². The number of nitrogens with zero attached hydrogens (tertiary/aromatic N) is 6. The lowest BCUT2D eigenvalue weighted by atomic mass is 9.91. The molecule has 38 heavy (non-hydrogen) atoms. The Morgan fingerprint density at radius 2 is 1.84 bits per heavy atom. The monoisotopic (exact) mass is 528 g/mol. The fraction of sp³-hybridized carbons (Fsp3) is 0.333. The summed E-state index contributed by atoms with van der Waals surface area (Å²) in [5.74, 6) is 0.384. The largest absolute Gasteiger partial charge is 0.473 e. The van der Waals surface area contributed by atoms with Crippen molar-refractivity contribution in [2.45, 2.75) is 45.5 Å². The van der Waals surface area contributed by atoms with E-state index in [0.29, 0.717) is 29.5 Å². The first-order chi connectivity index (χ1) is 18.1. The topological polar surface area (TPSA) is 70.7 Å². The number of pyridine rings is 1. The Hall–Kier alpha value is -4.02. The smallest absolute Gasteiger partial charge is 0.416 e. The normalized spacial score (nSPS) is 13.7. The highest BCUT2D eigenvalue weighted by Gasteiger charge is 2.36. The van der Waals surface area contributed by atoms with Crippen molar-refractivity contribution in [3.63, 3.8) is 0 Å². The highest BCUT2D eigenvalue weighted by Crippen LogP contribution is 2.38. The maximum absolute atomic E-state index is 13.6. The zero-order valence-electron chi connectivity index (χ0n) is 21.4. The molecule has 1 unspecified atom stereocenters. The summed E-state index contributed by atoms with van der Waals surface area (Å²) in [7, 11) is 1.66. The number of ether oxygens (including phenoxy) is 1. The van der Waals surface area contributed by atoms with E-state index in [0.717, 1.165) is 11.8 Å². The summed E-state index contributed by atoms with van der Waals surface area (Å²) in [4.78, 5) is 13.2. The minimum absolute atomic E-state index is 0.157. The number of imidazole rings is 1. The fourth-order valence-corrected chi connectivity index (χ4v) is 4.14. The van der Waals surface area contributed by atoms with Crippen molar-refractivity contribution in [2.75, 3.05) is 6.61 Å². The molecule has 0 saturated carbocycles. The van der Waals surface area contributed by atoms with Gasteiger partial charge in [-0.2, -0.15) is 18.3 Å². The second kappa shape index (κ2) is 11.2. The van der Waals surface area contributed by atoms with Gasteiger partial charge in [-0.05, 0) is 56.2 Å². The molecule has 200 valence electrons. The van der Waals surface area contributed by atoms with Crippen molar-refractivity contribution in [3.05, 3.63) is 83.1 Å². The van der Waals surface area contributed by atoms with Crippen LogP contribution in [-0.2, 0) is 13.2 Å². The van der Waals surface area contributed by atoms with Gasteiger partial charge in [0.2, 0.25) is 5.88 Å². The summed E-state index contributed by atoms with van der Waals surface area (Å²) < 4.78 is 63.3. The van der Waals surface area contributed by atoms with E-state index >= 15 is 0 Å². The molecule has 0 fully saturated rings. The zero-order chi connectivity index (χ0) is 27.4. The van der Waals surface area contributed by atoms with Crippen LogP contribution < -0.4 is 4.74 Å². The highest BCUT2D eigenvalue weighted by molar-refractivity contribution is 5.65. The second-order valence-electron chi connectivity index (χ2n) is 8.91. The van der Waals surface area contributed by atoms with Crippen LogP contribution in [0.3, 0.4) is 0 Å². The average molecular weight is 529 g/mol. The number of aryl methyl sites for hydroxylation is 2. The first-order valence-electron chi connectivity index (χ1n) is 12.1. The predicted molar refractivity (Wildman–Crippen MR) is 136 cm³/mol. The minimum atomic E-state index is -4.47. The Kier molecular flexibility index (Phi) is 7.94. The first-order valence-corrected chi connectivity index (χ1v) is 12.1. The summed E-state index contributed by atoms with van der Waals surface area (Å²) in [6, 6.07) is 9.07. The SMILES string of the molecule is CC[C@H](c1ccccc1C(F)(F)F)c1nc(/C=C/c2ccc(-n3cnc(C)c3)c(OCC(C)F)n2)nn1C. The number of aromatic nitrogens is 6. The van der Waals surface area contributed by atoms with Crippen molar-refractivity contribution in [1.82, 2.24) is 29.3 Å². The Morgan fingerprint density at radius 1 is 1.08 bits per heavy atom. The van der Waals surface area contributed by atoms with E-state index in [-0.39, 0.29) is 18.1 Å². The molecule has 11 heteroatoms. The van der Waals surface area contributed by atoms with Crippen LogP contribution in [-0.4, -0.2) is 42.1 Å². The van der Waals surface area contributed by atoms with Crippen LogP contribution in [0.1, 0.15) is 60.3 Å². The third-order valence-corrected chi connectivity index (χ3v) is 5.88. The van der Waals surface area contributed by atoms with E-state index in [1.807, 2.05) is 13.8 Å². The van der Waals surface area contributed by atoms with Gasteiger partial charge >= 0.3 is 6.18 Å². The van der Waals surface area contributed by atoms with Gasteiger partial charge in [0.25, 0.3) is 0 Å². The summed E-state index contributed by atoms with van der Waals surface area (Å²) in [5.41, 5.74) is 1.40. The van der Waals surface area contributed by atoms with E-state index in [9.17, 15) is 17.6 Å². The van der Waals surface area contributed by atoms with Gasteiger partial charge < -0.3 is 9.30 Å². The lowest BCUT2D eigenvalue weighted by Crippen LogP contribution is -2.15. The molecular weight excluding hydrogens is 500 g/mol. The van der Waals surface area contributed by atoms with Crippen LogP contribution in [0, 0.1) is 6.92 Å². The maximum atomic E-state index is 13.6. The Labute approximate surface area is 217 Å². The number of benzene rings is 1. The summed E-state index contributed by atoms with van der Waals surface area (Å²) >= 11 is 0. The van der Waals surface area contributed by atoms with E-state index < -0.39 is 23.8 Å². The molecule has 3 aromatic heterocycles. The lowest BCUT2D eigenvalue weighted by Gasteiger charge is -2.19. The molecule has 0 bridgehead atoms. The molecule has 4 aromatic rings. The molecule has 7 nitrogen and oxygen atoms in total. The molecule has 0 aliphatic heterocycles.